The van der Waals surface area contributed by atoms with Crippen molar-refractivity contribution in [1.82, 2.24) is 5.32 Å². The van der Waals surface area contributed by atoms with Crippen molar-refractivity contribution in [2.45, 2.75) is 32.1 Å². The average molecular weight is 276 g/mol. The van der Waals surface area contributed by atoms with Crippen LogP contribution in [0.1, 0.15) is 32.3 Å². The van der Waals surface area contributed by atoms with Gasteiger partial charge in [0.1, 0.15) is 0 Å². The highest BCUT2D eigenvalue weighted by Gasteiger charge is 2.29. The van der Waals surface area contributed by atoms with E-state index < -0.39 is 11.4 Å². The Hall–Kier alpha value is -2.04. The molecule has 1 fully saturated rings. The number of urea groups is 1. The Labute approximate surface area is 118 Å². The zero-order chi connectivity index (χ0) is 14.8. The molecular formula is C15H20N2O3. The molecule has 1 saturated carbocycles. The van der Waals surface area contributed by atoms with Gasteiger partial charge in [0.15, 0.2) is 0 Å². The van der Waals surface area contributed by atoms with Crippen LogP contribution < -0.4 is 10.6 Å². The topological polar surface area (TPSA) is 78.4 Å². The van der Waals surface area contributed by atoms with Crippen molar-refractivity contribution < 1.29 is 14.7 Å². The minimum atomic E-state index is -0.938. The van der Waals surface area contributed by atoms with E-state index in [-0.39, 0.29) is 6.03 Å². The Balaban J connectivity index is 1.93. The van der Waals surface area contributed by atoms with Gasteiger partial charge in [-0.1, -0.05) is 12.1 Å². The molecule has 1 aromatic rings. The summed E-state index contributed by atoms with van der Waals surface area (Å²) in [6.45, 7) is 4.02. The highest BCUT2D eigenvalue weighted by molar-refractivity contribution is 5.89. The lowest BCUT2D eigenvalue weighted by Gasteiger charge is -2.19. The molecule has 1 aromatic carbocycles. The molecule has 108 valence electrons. The summed E-state index contributed by atoms with van der Waals surface area (Å²) in [5, 5.41) is 14.7. The standard InChI is InChI=1S/C15H20N2O3/c1-15(2,13(18)19)11-5-7-12(8-6-11)17-14(20)16-9-10-3-4-10/h5-8,10H,3-4,9H2,1-2H3,(H,18,19)(H2,16,17,20). The lowest BCUT2D eigenvalue weighted by atomic mass is 9.85. The van der Waals surface area contributed by atoms with Crippen molar-refractivity contribution in [3.05, 3.63) is 29.8 Å². The van der Waals surface area contributed by atoms with Gasteiger partial charge in [0.2, 0.25) is 0 Å². The highest BCUT2D eigenvalue weighted by Crippen LogP contribution is 2.27. The van der Waals surface area contributed by atoms with E-state index in [0.29, 0.717) is 17.2 Å². The van der Waals surface area contributed by atoms with Crippen LogP contribution in [0.3, 0.4) is 0 Å². The first-order valence-corrected chi connectivity index (χ1v) is 6.78. The molecule has 2 amide bonds. The maximum atomic E-state index is 11.6. The van der Waals surface area contributed by atoms with Crippen molar-refractivity contribution in [3.8, 4) is 0 Å². The smallest absolute Gasteiger partial charge is 0.319 e. The Bertz CT molecular complexity index is 504. The molecule has 2 rings (SSSR count). The summed E-state index contributed by atoms with van der Waals surface area (Å²) < 4.78 is 0. The number of hydrogen-bond donors (Lipinski definition) is 3. The van der Waals surface area contributed by atoms with Crippen molar-refractivity contribution in [1.29, 1.82) is 0 Å². The summed E-state index contributed by atoms with van der Waals surface area (Å²) in [6, 6.07) is 6.67. The fraction of sp³-hybridized carbons (Fsp3) is 0.467. The first-order valence-electron chi connectivity index (χ1n) is 6.78. The van der Waals surface area contributed by atoms with Gasteiger partial charge in [-0.2, -0.15) is 0 Å². The average Bonchev–Trinajstić information content (AvgIpc) is 3.21. The largest absolute Gasteiger partial charge is 0.481 e. The predicted octanol–water partition coefficient (Wildman–Crippen LogP) is 2.58. The van der Waals surface area contributed by atoms with E-state index >= 15 is 0 Å². The highest BCUT2D eigenvalue weighted by atomic mass is 16.4. The van der Waals surface area contributed by atoms with Crippen LogP contribution in [-0.2, 0) is 10.2 Å². The van der Waals surface area contributed by atoms with Crippen LogP contribution >= 0.6 is 0 Å². The number of hydrogen-bond acceptors (Lipinski definition) is 2. The molecule has 0 bridgehead atoms. The zero-order valence-corrected chi connectivity index (χ0v) is 11.8. The van der Waals surface area contributed by atoms with Gasteiger partial charge < -0.3 is 15.7 Å². The molecule has 5 heteroatoms. The summed E-state index contributed by atoms with van der Waals surface area (Å²) in [4.78, 5) is 22.8. The summed E-state index contributed by atoms with van der Waals surface area (Å²) in [7, 11) is 0. The van der Waals surface area contributed by atoms with E-state index in [1.54, 1.807) is 38.1 Å². The summed E-state index contributed by atoms with van der Waals surface area (Å²) in [5.41, 5.74) is 0.421. The van der Waals surface area contributed by atoms with E-state index in [4.69, 9.17) is 5.11 Å². The molecule has 20 heavy (non-hydrogen) atoms. The normalized spacial score (nSPS) is 14.7. The van der Waals surface area contributed by atoms with Gasteiger partial charge in [-0.15, -0.1) is 0 Å². The van der Waals surface area contributed by atoms with Crippen LogP contribution in [0.2, 0.25) is 0 Å². The number of carbonyl (C=O) groups excluding carboxylic acids is 1. The number of rotatable bonds is 5. The monoisotopic (exact) mass is 276 g/mol. The quantitative estimate of drug-likeness (QED) is 0.773. The second-order valence-electron chi connectivity index (χ2n) is 5.79. The zero-order valence-electron chi connectivity index (χ0n) is 11.8. The molecule has 5 nitrogen and oxygen atoms in total. The molecule has 0 saturated heterocycles. The molecule has 0 aliphatic heterocycles. The SMILES string of the molecule is CC(C)(C(=O)O)c1ccc(NC(=O)NCC2CC2)cc1. The summed E-state index contributed by atoms with van der Waals surface area (Å²) in [6.07, 6.45) is 2.39. The molecule has 1 aliphatic carbocycles. The molecule has 0 atom stereocenters. The van der Waals surface area contributed by atoms with Crippen molar-refractivity contribution in [2.24, 2.45) is 5.92 Å². The number of benzene rings is 1. The molecular weight excluding hydrogens is 256 g/mol. The van der Waals surface area contributed by atoms with Crippen molar-refractivity contribution in [3.63, 3.8) is 0 Å². The van der Waals surface area contributed by atoms with Gasteiger partial charge in [0.25, 0.3) is 0 Å². The van der Waals surface area contributed by atoms with Crippen LogP contribution in [0, 0.1) is 5.92 Å². The van der Waals surface area contributed by atoms with Crippen molar-refractivity contribution >= 4 is 17.7 Å². The van der Waals surface area contributed by atoms with Gasteiger partial charge in [0, 0.05) is 12.2 Å². The second kappa shape index (κ2) is 5.53. The lowest BCUT2D eigenvalue weighted by Crippen LogP contribution is -2.30. The third kappa shape index (κ3) is 3.50. The van der Waals surface area contributed by atoms with E-state index in [1.165, 1.54) is 12.8 Å². The summed E-state index contributed by atoms with van der Waals surface area (Å²) >= 11 is 0. The van der Waals surface area contributed by atoms with Gasteiger partial charge in [0.05, 0.1) is 5.41 Å². The van der Waals surface area contributed by atoms with Crippen molar-refractivity contribution in [2.75, 3.05) is 11.9 Å². The van der Waals surface area contributed by atoms with Crippen LogP contribution in [0.25, 0.3) is 0 Å². The Kier molecular flexibility index (Phi) is 3.97. The number of amides is 2. The Morgan fingerprint density at radius 3 is 2.35 bits per heavy atom. The molecule has 0 aromatic heterocycles. The molecule has 3 N–H and O–H groups in total. The van der Waals surface area contributed by atoms with Crippen LogP contribution in [0.15, 0.2) is 24.3 Å². The minimum Gasteiger partial charge on any atom is -0.481 e. The molecule has 1 aliphatic rings. The Morgan fingerprint density at radius 2 is 1.85 bits per heavy atom. The molecule has 0 heterocycles. The molecule has 0 spiro atoms. The van der Waals surface area contributed by atoms with Crippen LogP contribution in [-0.4, -0.2) is 23.7 Å². The van der Waals surface area contributed by atoms with E-state index in [0.717, 1.165) is 6.54 Å². The number of carbonyl (C=O) groups is 2. The number of aliphatic carboxylic acids is 1. The van der Waals surface area contributed by atoms with Gasteiger partial charge in [-0.25, -0.2) is 4.79 Å². The summed E-state index contributed by atoms with van der Waals surface area (Å²) in [5.74, 6) is -0.236. The van der Waals surface area contributed by atoms with Gasteiger partial charge in [-0.3, -0.25) is 4.79 Å². The maximum absolute atomic E-state index is 11.6. The number of carboxylic acid groups (broad SMARTS) is 1. The number of nitrogens with one attached hydrogen (secondary N) is 2. The molecule has 0 unspecified atom stereocenters. The lowest BCUT2D eigenvalue weighted by molar-refractivity contribution is -0.142. The first kappa shape index (κ1) is 14.4. The maximum Gasteiger partial charge on any atom is 0.319 e. The third-order valence-electron chi connectivity index (χ3n) is 3.65. The first-order chi connectivity index (χ1) is 9.39. The van der Waals surface area contributed by atoms with Crippen LogP contribution in [0.4, 0.5) is 10.5 Å². The number of anilines is 1. The van der Waals surface area contributed by atoms with Gasteiger partial charge >= 0.3 is 12.0 Å². The predicted molar refractivity (Wildman–Crippen MR) is 76.8 cm³/mol. The second-order valence-corrected chi connectivity index (χ2v) is 5.79. The third-order valence-corrected chi connectivity index (χ3v) is 3.65. The minimum absolute atomic E-state index is 0.220. The van der Waals surface area contributed by atoms with E-state index in [1.807, 2.05) is 0 Å². The fourth-order valence-corrected chi connectivity index (χ4v) is 1.83. The molecule has 0 radical (unpaired) electrons. The van der Waals surface area contributed by atoms with Crippen LogP contribution in [0.5, 0.6) is 0 Å². The fourth-order valence-electron chi connectivity index (χ4n) is 1.83. The Morgan fingerprint density at radius 1 is 1.25 bits per heavy atom. The van der Waals surface area contributed by atoms with Gasteiger partial charge in [-0.05, 0) is 50.3 Å². The van der Waals surface area contributed by atoms with E-state index in [9.17, 15) is 9.59 Å². The van der Waals surface area contributed by atoms with E-state index in [2.05, 4.69) is 10.6 Å². The number of carboxylic acids is 1.